The van der Waals surface area contributed by atoms with E-state index in [-0.39, 0.29) is 5.97 Å². The average molecular weight is 317 g/mol. The lowest BCUT2D eigenvalue weighted by Crippen LogP contribution is -2.45. The molecule has 1 aliphatic heterocycles. The number of nitrogens with zero attached hydrogens (tertiary/aromatic N) is 3. The number of anilines is 1. The number of benzene rings is 1. The maximum Gasteiger partial charge on any atom is 0.337 e. The van der Waals surface area contributed by atoms with E-state index in [1.165, 1.54) is 12.7 Å². The van der Waals surface area contributed by atoms with Crippen LogP contribution in [0.1, 0.15) is 15.9 Å². The van der Waals surface area contributed by atoms with Crippen molar-refractivity contribution in [1.29, 1.82) is 0 Å². The van der Waals surface area contributed by atoms with Gasteiger partial charge in [-0.1, -0.05) is 12.1 Å². The first-order valence-electron chi connectivity index (χ1n) is 7.30. The largest absolute Gasteiger partial charge is 0.465 e. The molecule has 6 heteroatoms. The highest BCUT2D eigenvalue weighted by molar-refractivity contribution is 7.13. The lowest BCUT2D eigenvalue weighted by Gasteiger charge is -2.34. The summed E-state index contributed by atoms with van der Waals surface area (Å²) in [7, 11) is 1.40. The molecule has 116 valence electrons. The van der Waals surface area contributed by atoms with Crippen LogP contribution in [0.15, 0.2) is 35.8 Å². The molecule has 0 unspecified atom stereocenters. The Hall–Kier alpha value is -1.92. The van der Waals surface area contributed by atoms with Gasteiger partial charge in [-0.05, 0) is 17.7 Å². The topological polar surface area (TPSA) is 45.7 Å². The maximum absolute atomic E-state index is 11.4. The second kappa shape index (κ2) is 6.89. The first-order valence-corrected chi connectivity index (χ1v) is 8.18. The number of esters is 1. The van der Waals surface area contributed by atoms with Crippen LogP contribution < -0.4 is 4.90 Å². The highest BCUT2D eigenvalue weighted by Gasteiger charge is 2.18. The lowest BCUT2D eigenvalue weighted by molar-refractivity contribution is 0.0600. The van der Waals surface area contributed by atoms with Crippen molar-refractivity contribution >= 4 is 22.4 Å². The highest BCUT2D eigenvalue weighted by atomic mass is 32.1. The minimum absolute atomic E-state index is 0.288. The van der Waals surface area contributed by atoms with E-state index in [0.717, 1.165) is 37.9 Å². The molecular formula is C16H19N3O2S. The van der Waals surface area contributed by atoms with Crippen molar-refractivity contribution in [2.24, 2.45) is 0 Å². The van der Waals surface area contributed by atoms with Crippen molar-refractivity contribution in [3.8, 4) is 0 Å². The van der Waals surface area contributed by atoms with Gasteiger partial charge in [0.2, 0.25) is 0 Å². The zero-order valence-corrected chi connectivity index (χ0v) is 13.4. The molecule has 1 fully saturated rings. The van der Waals surface area contributed by atoms with Gasteiger partial charge in [0.15, 0.2) is 5.13 Å². The molecule has 1 aromatic carbocycles. The van der Waals surface area contributed by atoms with E-state index in [2.05, 4.69) is 14.8 Å². The first-order chi connectivity index (χ1) is 10.8. The summed E-state index contributed by atoms with van der Waals surface area (Å²) in [6.07, 6.45) is 1.86. The highest BCUT2D eigenvalue weighted by Crippen LogP contribution is 2.19. The van der Waals surface area contributed by atoms with Gasteiger partial charge in [-0.25, -0.2) is 9.78 Å². The fourth-order valence-corrected chi connectivity index (χ4v) is 3.29. The molecule has 0 N–H and O–H groups in total. The van der Waals surface area contributed by atoms with Gasteiger partial charge in [0.25, 0.3) is 0 Å². The number of hydrogen-bond donors (Lipinski definition) is 0. The normalized spacial score (nSPS) is 15.8. The van der Waals surface area contributed by atoms with Crippen LogP contribution in [0.2, 0.25) is 0 Å². The number of rotatable bonds is 4. The average Bonchev–Trinajstić information content (AvgIpc) is 3.10. The minimum Gasteiger partial charge on any atom is -0.465 e. The predicted octanol–water partition coefficient (Wildman–Crippen LogP) is 2.25. The molecular weight excluding hydrogens is 298 g/mol. The van der Waals surface area contributed by atoms with Gasteiger partial charge in [-0.15, -0.1) is 11.3 Å². The number of thiazole rings is 1. The third-order valence-corrected chi connectivity index (χ3v) is 4.68. The summed E-state index contributed by atoms with van der Waals surface area (Å²) >= 11 is 1.69. The van der Waals surface area contributed by atoms with Crippen LogP contribution in [0.25, 0.3) is 0 Å². The molecule has 22 heavy (non-hydrogen) atoms. The molecule has 0 amide bonds. The molecule has 0 radical (unpaired) electrons. The molecule has 0 bridgehead atoms. The van der Waals surface area contributed by atoms with E-state index >= 15 is 0 Å². The van der Waals surface area contributed by atoms with Crippen LogP contribution in [-0.2, 0) is 11.3 Å². The van der Waals surface area contributed by atoms with Crippen LogP contribution in [0.5, 0.6) is 0 Å². The van der Waals surface area contributed by atoms with Crippen LogP contribution >= 0.6 is 11.3 Å². The number of hydrogen-bond acceptors (Lipinski definition) is 6. The Morgan fingerprint density at radius 3 is 2.55 bits per heavy atom. The van der Waals surface area contributed by atoms with Gasteiger partial charge < -0.3 is 9.64 Å². The van der Waals surface area contributed by atoms with Gasteiger partial charge in [0, 0.05) is 44.3 Å². The first kappa shape index (κ1) is 15.0. The zero-order chi connectivity index (χ0) is 15.4. The fraction of sp³-hybridized carbons (Fsp3) is 0.375. The van der Waals surface area contributed by atoms with Crippen LogP contribution in [0.4, 0.5) is 5.13 Å². The van der Waals surface area contributed by atoms with Crippen molar-refractivity contribution in [1.82, 2.24) is 9.88 Å². The monoisotopic (exact) mass is 317 g/mol. The molecule has 5 nitrogen and oxygen atoms in total. The molecule has 0 aliphatic carbocycles. The summed E-state index contributed by atoms with van der Waals surface area (Å²) in [5.74, 6) is -0.288. The number of carbonyl (C=O) groups is 1. The van der Waals surface area contributed by atoms with Crippen molar-refractivity contribution in [3.63, 3.8) is 0 Å². The Balaban J connectivity index is 1.53. The van der Waals surface area contributed by atoms with Crippen molar-refractivity contribution in [2.75, 3.05) is 38.2 Å². The van der Waals surface area contributed by atoms with E-state index in [4.69, 9.17) is 4.74 Å². The second-order valence-electron chi connectivity index (χ2n) is 5.27. The molecule has 2 heterocycles. The number of ether oxygens (including phenoxy) is 1. The SMILES string of the molecule is COC(=O)c1ccc(CN2CCN(c3nccs3)CC2)cc1. The number of aromatic nitrogens is 1. The van der Waals surface area contributed by atoms with Crippen LogP contribution in [0, 0.1) is 0 Å². The predicted molar refractivity (Wildman–Crippen MR) is 87.4 cm³/mol. The Labute approximate surface area is 134 Å². The summed E-state index contributed by atoms with van der Waals surface area (Å²) in [4.78, 5) is 20.5. The van der Waals surface area contributed by atoms with Crippen LogP contribution in [-0.4, -0.2) is 49.1 Å². The fourth-order valence-electron chi connectivity index (χ4n) is 2.59. The molecule has 0 atom stereocenters. The van der Waals surface area contributed by atoms with Crippen molar-refractivity contribution in [3.05, 3.63) is 47.0 Å². The van der Waals surface area contributed by atoms with E-state index in [9.17, 15) is 4.79 Å². The summed E-state index contributed by atoms with van der Waals surface area (Å²) in [5, 5.41) is 3.13. The minimum atomic E-state index is -0.288. The van der Waals surface area contributed by atoms with Gasteiger partial charge >= 0.3 is 5.97 Å². The van der Waals surface area contributed by atoms with E-state index in [1.54, 1.807) is 11.3 Å². The quantitative estimate of drug-likeness (QED) is 0.809. The third kappa shape index (κ3) is 3.45. The lowest BCUT2D eigenvalue weighted by atomic mass is 10.1. The van der Waals surface area contributed by atoms with Crippen LogP contribution in [0.3, 0.4) is 0 Å². The van der Waals surface area contributed by atoms with Gasteiger partial charge in [0.05, 0.1) is 12.7 Å². The second-order valence-corrected chi connectivity index (χ2v) is 6.14. The molecule has 1 aliphatic rings. The Morgan fingerprint density at radius 2 is 1.95 bits per heavy atom. The van der Waals surface area contributed by atoms with Gasteiger partial charge in [-0.2, -0.15) is 0 Å². The third-order valence-electron chi connectivity index (χ3n) is 3.84. The van der Waals surface area contributed by atoms with E-state index in [1.807, 2.05) is 35.8 Å². The van der Waals surface area contributed by atoms with Gasteiger partial charge in [-0.3, -0.25) is 4.90 Å². The Morgan fingerprint density at radius 1 is 1.23 bits per heavy atom. The standard InChI is InChI=1S/C16H19N3O2S/c1-21-15(20)14-4-2-13(3-5-14)12-18-7-9-19(10-8-18)16-17-6-11-22-16/h2-6,11H,7-10,12H2,1H3. The van der Waals surface area contributed by atoms with Crippen molar-refractivity contribution in [2.45, 2.75) is 6.54 Å². The molecule has 0 saturated carbocycles. The molecule has 0 spiro atoms. The maximum atomic E-state index is 11.4. The Kier molecular flexibility index (Phi) is 4.70. The summed E-state index contributed by atoms with van der Waals surface area (Å²) < 4.78 is 4.71. The van der Waals surface area contributed by atoms with Gasteiger partial charge in [0.1, 0.15) is 0 Å². The molecule has 3 rings (SSSR count). The Bertz CT molecular complexity index is 605. The molecule has 1 aromatic heterocycles. The summed E-state index contributed by atoms with van der Waals surface area (Å²) in [5.41, 5.74) is 1.81. The summed E-state index contributed by atoms with van der Waals surface area (Å²) in [6, 6.07) is 7.65. The smallest absolute Gasteiger partial charge is 0.337 e. The van der Waals surface area contributed by atoms with E-state index in [0.29, 0.717) is 5.56 Å². The van der Waals surface area contributed by atoms with Crippen molar-refractivity contribution < 1.29 is 9.53 Å². The van der Waals surface area contributed by atoms with E-state index < -0.39 is 0 Å². The number of carbonyl (C=O) groups excluding carboxylic acids is 1. The summed E-state index contributed by atoms with van der Waals surface area (Å²) in [6.45, 7) is 4.98. The molecule has 1 saturated heterocycles. The zero-order valence-electron chi connectivity index (χ0n) is 12.6. The number of piperazine rings is 1. The number of methoxy groups -OCH3 is 1. The molecule has 2 aromatic rings.